The van der Waals surface area contributed by atoms with Crippen molar-refractivity contribution in [3.05, 3.63) is 29.5 Å². The largest absolute Gasteiger partial charge is 0.497 e. The second kappa shape index (κ2) is 3.80. The number of hydrogen-bond donors (Lipinski definition) is 0. The summed E-state index contributed by atoms with van der Waals surface area (Å²) in [4.78, 5) is 10.8. The van der Waals surface area contributed by atoms with Crippen LogP contribution in [0.3, 0.4) is 0 Å². The lowest BCUT2D eigenvalue weighted by molar-refractivity contribution is -0.136. The second-order valence-electron chi connectivity index (χ2n) is 3.35. The van der Waals surface area contributed by atoms with Crippen LogP contribution in [0.25, 0.3) is 11.0 Å². The third kappa shape index (κ3) is 1.86. The minimum atomic E-state index is -4.56. The molecule has 1 aromatic heterocycles. The molecule has 1 heterocycles. The maximum absolute atomic E-state index is 12.6. The molecule has 0 aliphatic rings. The number of methoxy groups -OCH3 is 1. The number of carbonyl (C=O) groups is 1. The van der Waals surface area contributed by atoms with E-state index < -0.39 is 11.7 Å². The summed E-state index contributed by atoms with van der Waals surface area (Å²) in [5.41, 5.74) is -1.10. The standard InChI is InChI=1S/C11H7F3O3/c1-16-7-2-6(4-15)10-8(11(12,13)14)5-17-9(10)3-7/h2-5H,1H3. The smallest absolute Gasteiger partial charge is 0.420 e. The quantitative estimate of drug-likeness (QED) is 0.761. The first-order valence-electron chi connectivity index (χ1n) is 4.59. The normalized spacial score (nSPS) is 11.8. The van der Waals surface area contributed by atoms with Crippen LogP contribution in [0, 0.1) is 0 Å². The van der Waals surface area contributed by atoms with Crippen molar-refractivity contribution in [3.8, 4) is 5.75 Å². The van der Waals surface area contributed by atoms with E-state index in [1.165, 1.54) is 19.2 Å². The maximum Gasteiger partial charge on any atom is 0.420 e. The van der Waals surface area contributed by atoms with E-state index in [-0.39, 0.29) is 22.3 Å². The molecule has 0 fully saturated rings. The number of furan rings is 1. The van der Waals surface area contributed by atoms with Crippen molar-refractivity contribution in [1.82, 2.24) is 0 Å². The van der Waals surface area contributed by atoms with Crippen molar-refractivity contribution in [3.63, 3.8) is 0 Å². The Morgan fingerprint density at radius 2 is 2.06 bits per heavy atom. The van der Waals surface area contributed by atoms with Gasteiger partial charge in [-0.3, -0.25) is 4.79 Å². The fraction of sp³-hybridized carbons (Fsp3) is 0.182. The van der Waals surface area contributed by atoms with Crippen molar-refractivity contribution in [1.29, 1.82) is 0 Å². The van der Waals surface area contributed by atoms with E-state index in [9.17, 15) is 18.0 Å². The number of carbonyl (C=O) groups excluding carboxylic acids is 1. The van der Waals surface area contributed by atoms with Gasteiger partial charge in [-0.25, -0.2) is 0 Å². The fourth-order valence-electron chi connectivity index (χ4n) is 1.59. The van der Waals surface area contributed by atoms with Gasteiger partial charge in [-0.2, -0.15) is 13.2 Å². The van der Waals surface area contributed by atoms with Gasteiger partial charge in [-0.1, -0.05) is 0 Å². The molecule has 0 saturated heterocycles. The highest BCUT2D eigenvalue weighted by Crippen LogP contribution is 2.38. The number of fused-ring (bicyclic) bond motifs is 1. The van der Waals surface area contributed by atoms with E-state index in [2.05, 4.69) is 0 Å². The molecular weight excluding hydrogens is 237 g/mol. The van der Waals surface area contributed by atoms with Gasteiger partial charge in [-0.05, 0) is 6.07 Å². The molecule has 0 aliphatic carbocycles. The fourth-order valence-corrected chi connectivity index (χ4v) is 1.59. The second-order valence-corrected chi connectivity index (χ2v) is 3.35. The summed E-state index contributed by atoms with van der Waals surface area (Å²) >= 11 is 0. The van der Waals surface area contributed by atoms with E-state index >= 15 is 0 Å². The molecule has 1 aromatic carbocycles. The zero-order chi connectivity index (χ0) is 12.6. The summed E-state index contributed by atoms with van der Waals surface area (Å²) in [5, 5.41) is -0.242. The van der Waals surface area contributed by atoms with E-state index in [1.807, 2.05) is 0 Å². The van der Waals surface area contributed by atoms with Crippen LogP contribution in [0.2, 0.25) is 0 Å². The molecule has 0 bridgehead atoms. The van der Waals surface area contributed by atoms with Crippen LogP contribution >= 0.6 is 0 Å². The molecular formula is C11H7F3O3. The van der Waals surface area contributed by atoms with Gasteiger partial charge in [0.15, 0.2) is 6.29 Å². The Hall–Kier alpha value is -1.98. The van der Waals surface area contributed by atoms with Crippen LogP contribution < -0.4 is 4.74 Å². The number of alkyl halides is 3. The Morgan fingerprint density at radius 3 is 2.59 bits per heavy atom. The van der Waals surface area contributed by atoms with Gasteiger partial charge >= 0.3 is 6.18 Å². The summed E-state index contributed by atoms with van der Waals surface area (Å²) in [6.07, 6.45) is -3.62. The number of aldehydes is 1. The minimum absolute atomic E-state index is 0.0289. The van der Waals surface area contributed by atoms with Gasteiger partial charge in [0.05, 0.1) is 7.11 Å². The van der Waals surface area contributed by atoms with Gasteiger partial charge in [0, 0.05) is 17.0 Å². The Kier molecular flexibility index (Phi) is 2.57. The highest BCUT2D eigenvalue weighted by molar-refractivity contribution is 5.99. The average Bonchev–Trinajstić information content (AvgIpc) is 2.70. The van der Waals surface area contributed by atoms with Crippen LogP contribution in [0.1, 0.15) is 15.9 Å². The van der Waals surface area contributed by atoms with Crippen LogP contribution in [-0.4, -0.2) is 13.4 Å². The first kappa shape index (κ1) is 11.5. The van der Waals surface area contributed by atoms with E-state index in [4.69, 9.17) is 9.15 Å². The van der Waals surface area contributed by atoms with Gasteiger partial charge in [0.25, 0.3) is 0 Å². The lowest BCUT2D eigenvalue weighted by atomic mass is 10.1. The molecule has 2 aromatic rings. The van der Waals surface area contributed by atoms with Crippen LogP contribution in [0.15, 0.2) is 22.8 Å². The first-order valence-corrected chi connectivity index (χ1v) is 4.59. The van der Waals surface area contributed by atoms with Crippen molar-refractivity contribution in [2.75, 3.05) is 7.11 Å². The summed E-state index contributed by atoms with van der Waals surface area (Å²) in [6, 6.07) is 2.54. The number of rotatable bonds is 2. The number of halogens is 3. The lowest BCUT2D eigenvalue weighted by Gasteiger charge is -2.05. The van der Waals surface area contributed by atoms with Gasteiger partial charge < -0.3 is 9.15 Å². The van der Waals surface area contributed by atoms with Crippen LogP contribution in [0.5, 0.6) is 5.75 Å². The molecule has 0 saturated carbocycles. The van der Waals surface area contributed by atoms with Crippen molar-refractivity contribution < 1.29 is 27.1 Å². The van der Waals surface area contributed by atoms with Crippen LogP contribution in [0.4, 0.5) is 13.2 Å². The van der Waals surface area contributed by atoms with E-state index in [0.717, 1.165) is 0 Å². The van der Waals surface area contributed by atoms with Crippen LogP contribution in [-0.2, 0) is 6.18 Å². The molecule has 6 heteroatoms. The Balaban J connectivity index is 2.80. The lowest BCUT2D eigenvalue weighted by Crippen LogP contribution is -2.04. The summed E-state index contributed by atoms with van der Waals surface area (Å²) in [6.45, 7) is 0. The Labute approximate surface area is 93.8 Å². The molecule has 2 rings (SSSR count). The van der Waals surface area contributed by atoms with Crippen molar-refractivity contribution >= 4 is 17.3 Å². The summed E-state index contributed by atoms with van der Waals surface area (Å²) in [5.74, 6) is 0.266. The molecule has 0 spiro atoms. The molecule has 0 N–H and O–H groups in total. The zero-order valence-corrected chi connectivity index (χ0v) is 8.67. The van der Waals surface area contributed by atoms with E-state index in [0.29, 0.717) is 12.5 Å². The molecule has 3 nitrogen and oxygen atoms in total. The Bertz CT molecular complexity index is 569. The summed E-state index contributed by atoms with van der Waals surface area (Å²) in [7, 11) is 1.35. The number of ether oxygens (including phenoxy) is 1. The molecule has 0 unspecified atom stereocenters. The van der Waals surface area contributed by atoms with Gasteiger partial charge in [0.2, 0.25) is 0 Å². The maximum atomic E-state index is 12.6. The predicted octanol–water partition coefficient (Wildman–Crippen LogP) is 3.27. The first-order chi connectivity index (χ1) is 7.97. The molecule has 0 amide bonds. The summed E-state index contributed by atoms with van der Waals surface area (Å²) < 4.78 is 47.6. The SMILES string of the molecule is COc1cc(C=O)c2c(C(F)(F)F)coc2c1. The topological polar surface area (TPSA) is 39.4 Å². The van der Waals surface area contributed by atoms with E-state index in [1.54, 1.807) is 0 Å². The highest BCUT2D eigenvalue weighted by Gasteiger charge is 2.35. The zero-order valence-electron chi connectivity index (χ0n) is 8.67. The highest BCUT2D eigenvalue weighted by atomic mass is 19.4. The molecule has 90 valence electrons. The molecule has 17 heavy (non-hydrogen) atoms. The molecule has 0 atom stereocenters. The predicted molar refractivity (Wildman–Crippen MR) is 53.2 cm³/mol. The van der Waals surface area contributed by atoms with Crippen molar-refractivity contribution in [2.24, 2.45) is 0 Å². The molecule has 0 radical (unpaired) electrons. The minimum Gasteiger partial charge on any atom is -0.497 e. The third-order valence-electron chi connectivity index (χ3n) is 2.35. The molecule has 0 aliphatic heterocycles. The monoisotopic (exact) mass is 244 g/mol. The Morgan fingerprint density at radius 1 is 1.35 bits per heavy atom. The average molecular weight is 244 g/mol. The number of hydrogen-bond acceptors (Lipinski definition) is 3. The third-order valence-corrected chi connectivity index (χ3v) is 2.35. The van der Waals surface area contributed by atoms with Gasteiger partial charge in [0.1, 0.15) is 23.2 Å². The van der Waals surface area contributed by atoms with Crippen molar-refractivity contribution in [2.45, 2.75) is 6.18 Å². The van der Waals surface area contributed by atoms with Gasteiger partial charge in [-0.15, -0.1) is 0 Å². The number of benzene rings is 1.